The Balaban J connectivity index is 2.04. The summed E-state index contributed by atoms with van der Waals surface area (Å²) in [6, 6.07) is 12.1. The van der Waals surface area contributed by atoms with Crippen LogP contribution in [0.5, 0.6) is 5.75 Å². The highest BCUT2D eigenvalue weighted by Gasteiger charge is 2.15. The number of rotatable bonds is 9. The Morgan fingerprint density at radius 2 is 1.68 bits per heavy atom. The Kier molecular flexibility index (Phi) is 6.70. The van der Waals surface area contributed by atoms with Gasteiger partial charge in [-0.1, -0.05) is 19.8 Å². The predicted octanol–water partition coefficient (Wildman–Crippen LogP) is 4.41. The number of hydrogen-bond donors (Lipinski definition) is 2. The van der Waals surface area contributed by atoms with Gasteiger partial charge in [0.05, 0.1) is 12.0 Å². The Hall–Kier alpha value is -2.21. The van der Waals surface area contributed by atoms with Gasteiger partial charge in [0.2, 0.25) is 0 Å². The van der Waals surface area contributed by atoms with E-state index in [1.54, 1.807) is 31.4 Å². The van der Waals surface area contributed by atoms with E-state index in [4.69, 9.17) is 4.74 Å². The number of sulfonamides is 1. The molecule has 0 aliphatic carbocycles. The van der Waals surface area contributed by atoms with E-state index in [0.717, 1.165) is 24.2 Å². The molecule has 2 aromatic rings. The Morgan fingerprint density at radius 3 is 2.28 bits per heavy atom. The molecule has 136 valence electrons. The van der Waals surface area contributed by atoms with Crippen LogP contribution in [0.3, 0.4) is 0 Å². The molecule has 0 bridgehead atoms. The SMILES string of the molecule is CCCCCNc1ccc(NS(=O)(=O)c2ccc(OC)c(C)c2)cc1. The van der Waals surface area contributed by atoms with Crippen molar-refractivity contribution in [1.29, 1.82) is 0 Å². The molecule has 0 heterocycles. The molecule has 2 N–H and O–H groups in total. The number of methoxy groups -OCH3 is 1. The van der Waals surface area contributed by atoms with E-state index in [-0.39, 0.29) is 4.90 Å². The molecule has 0 unspecified atom stereocenters. The number of nitrogens with one attached hydrogen (secondary N) is 2. The number of anilines is 2. The zero-order valence-corrected chi connectivity index (χ0v) is 15.8. The molecule has 0 aliphatic rings. The summed E-state index contributed by atoms with van der Waals surface area (Å²) in [5, 5.41) is 3.33. The van der Waals surface area contributed by atoms with Gasteiger partial charge in [0, 0.05) is 17.9 Å². The molecular weight excluding hydrogens is 336 g/mol. The number of ether oxygens (including phenoxy) is 1. The van der Waals surface area contributed by atoms with E-state index in [9.17, 15) is 8.42 Å². The number of unbranched alkanes of at least 4 members (excludes halogenated alkanes) is 2. The zero-order chi connectivity index (χ0) is 18.3. The normalized spacial score (nSPS) is 11.2. The minimum Gasteiger partial charge on any atom is -0.496 e. The molecule has 0 saturated heterocycles. The molecular formula is C19H26N2O3S. The summed E-state index contributed by atoms with van der Waals surface area (Å²) in [5.41, 5.74) is 2.30. The first-order chi connectivity index (χ1) is 12.0. The maximum atomic E-state index is 12.5. The molecule has 0 aliphatic heterocycles. The second-order valence-corrected chi connectivity index (χ2v) is 7.63. The van der Waals surface area contributed by atoms with Crippen LogP contribution < -0.4 is 14.8 Å². The Bertz CT molecular complexity index is 787. The molecule has 2 rings (SSSR count). The van der Waals surface area contributed by atoms with Crippen molar-refractivity contribution < 1.29 is 13.2 Å². The predicted molar refractivity (Wildman–Crippen MR) is 103 cm³/mol. The summed E-state index contributed by atoms with van der Waals surface area (Å²) >= 11 is 0. The van der Waals surface area contributed by atoms with E-state index < -0.39 is 10.0 Å². The third kappa shape index (κ3) is 5.39. The fourth-order valence-corrected chi connectivity index (χ4v) is 3.64. The van der Waals surface area contributed by atoms with Crippen LogP contribution in [-0.4, -0.2) is 22.1 Å². The van der Waals surface area contributed by atoms with Crippen molar-refractivity contribution in [1.82, 2.24) is 0 Å². The largest absolute Gasteiger partial charge is 0.496 e. The van der Waals surface area contributed by atoms with Crippen molar-refractivity contribution in [2.45, 2.75) is 38.0 Å². The number of benzene rings is 2. The van der Waals surface area contributed by atoms with Gasteiger partial charge in [-0.15, -0.1) is 0 Å². The van der Waals surface area contributed by atoms with Crippen LogP contribution in [0.25, 0.3) is 0 Å². The van der Waals surface area contributed by atoms with Crippen LogP contribution in [0.2, 0.25) is 0 Å². The smallest absolute Gasteiger partial charge is 0.261 e. The van der Waals surface area contributed by atoms with Gasteiger partial charge in [-0.3, -0.25) is 4.72 Å². The van der Waals surface area contributed by atoms with Crippen molar-refractivity contribution in [3.63, 3.8) is 0 Å². The average Bonchev–Trinajstić information content (AvgIpc) is 2.60. The van der Waals surface area contributed by atoms with Crippen LogP contribution >= 0.6 is 0 Å². The lowest BCUT2D eigenvalue weighted by Crippen LogP contribution is -2.13. The van der Waals surface area contributed by atoms with Gasteiger partial charge in [0.25, 0.3) is 10.0 Å². The van der Waals surface area contributed by atoms with Crippen LogP contribution in [0.15, 0.2) is 47.4 Å². The first-order valence-electron chi connectivity index (χ1n) is 8.47. The lowest BCUT2D eigenvalue weighted by Gasteiger charge is -2.11. The van der Waals surface area contributed by atoms with E-state index in [2.05, 4.69) is 17.0 Å². The lowest BCUT2D eigenvalue weighted by atomic mass is 10.2. The summed E-state index contributed by atoms with van der Waals surface area (Å²) in [6.45, 7) is 4.91. The van der Waals surface area contributed by atoms with Crippen LogP contribution in [-0.2, 0) is 10.0 Å². The first-order valence-corrected chi connectivity index (χ1v) is 9.96. The van der Waals surface area contributed by atoms with Crippen molar-refractivity contribution in [3.8, 4) is 5.75 Å². The quantitative estimate of drug-likeness (QED) is 0.649. The summed E-state index contributed by atoms with van der Waals surface area (Å²) in [7, 11) is -2.06. The second kappa shape index (κ2) is 8.76. The van der Waals surface area contributed by atoms with Gasteiger partial charge < -0.3 is 10.1 Å². The van der Waals surface area contributed by atoms with Crippen LogP contribution in [0, 0.1) is 6.92 Å². The molecule has 0 radical (unpaired) electrons. The Labute approximate surface area is 150 Å². The van der Waals surface area contributed by atoms with Crippen molar-refractivity contribution >= 4 is 21.4 Å². The fourth-order valence-electron chi connectivity index (χ4n) is 2.50. The molecule has 0 saturated carbocycles. The highest BCUT2D eigenvalue weighted by molar-refractivity contribution is 7.92. The molecule has 0 aromatic heterocycles. The monoisotopic (exact) mass is 362 g/mol. The summed E-state index contributed by atoms with van der Waals surface area (Å²) < 4.78 is 32.8. The lowest BCUT2D eigenvalue weighted by molar-refractivity contribution is 0.411. The van der Waals surface area contributed by atoms with Crippen molar-refractivity contribution in [2.75, 3.05) is 23.7 Å². The fraction of sp³-hybridized carbons (Fsp3) is 0.368. The van der Waals surface area contributed by atoms with E-state index in [1.807, 2.05) is 19.1 Å². The third-order valence-electron chi connectivity index (χ3n) is 3.92. The molecule has 0 atom stereocenters. The Morgan fingerprint density at radius 1 is 1.00 bits per heavy atom. The summed E-state index contributed by atoms with van der Waals surface area (Å²) in [6.07, 6.45) is 3.51. The van der Waals surface area contributed by atoms with E-state index >= 15 is 0 Å². The summed E-state index contributed by atoms with van der Waals surface area (Å²) in [5.74, 6) is 0.664. The molecule has 0 spiro atoms. The van der Waals surface area contributed by atoms with Crippen molar-refractivity contribution in [3.05, 3.63) is 48.0 Å². The highest BCUT2D eigenvalue weighted by Crippen LogP contribution is 2.23. The maximum absolute atomic E-state index is 12.5. The topological polar surface area (TPSA) is 67.4 Å². The van der Waals surface area contributed by atoms with Gasteiger partial charge in [-0.05, 0) is 61.4 Å². The molecule has 5 nitrogen and oxygen atoms in total. The third-order valence-corrected chi connectivity index (χ3v) is 5.30. The van der Waals surface area contributed by atoms with Gasteiger partial charge >= 0.3 is 0 Å². The van der Waals surface area contributed by atoms with Gasteiger partial charge in [0.1, 0.15) is 5.75 Å². The van der Waals surface area contributed by atoms with E-state index in [0.29, 0.717) is 11.4 Å². The van der Waals surface area contributed by atoms with E-state index in [1.165, 1.54) is 18.9 Å². The molecule has 6 heteroatoms. The molecule has 25 heavy (non-hydrogen) atoms. The van der Waals surface area contributed by atoms with Crippen LogP contribution in [0.1, 0.15) is 31.7 Å². The van der Waals surface area contributed by atoms with Gasteiger partial charge in [-0.2, -0.15) is 0 Å². The summed E-state index contributed by atoms with van der Waals surface area (Å²) in [4.78, 5) is 0.215. The first kappa shape index (κ1) is 19.1. The minimum atomic E-state index is -3.62. The molecule has 2 aromatic carbocycles. The second-order valence-electron chi connectivity index (χ2n) is 5.95. The number of hydrogen-bond acceptors (Lipinski definition) is 4. The zero-order valence-electron chi connectivity index (χ0n) is 15.0. The highest BCUT2D eigenvalue weighted by atomic mass is 32.2. The van der Waals surface area contributed by atoms with Crippen LogP contribution in [0.4, 0.5) is 11.4 Å². The van der Waals surface area contributed by atoms with Gasteiger partial charge in [-0.25, -0.2) is 8.42 Å². The average molecular weight is 362 g/mol. The standard InChI is InChI=1S/C19H26N2O3S/c1-4-5-6-13-20-16-7-9-17(10-8-16)21-25(22,23)18-11-12-19(24-3)15(2)14-18/h7-12,14,20-21H,4-6,13H2,1-3H3. The molecule has 0 amide bonds. The van der Waals surface area contributed by atoms with Crippen molar-refractivity contribution in [2.24, 2.45) is 0 Å². The molecule has 0 fully saturated rings. The van der Waals surface area contributed by atoms with Gasteiger partial charge in [0.15, 0.2) is 0 Å². The maximum Gasteiger partial charge on any atom is 0.261 e. The minimum absolute atomic E-state index is 0.215. The number of aryl methyl sites for hydroxylation is 1.